The molecule has 90 valence electrons. The van der Waals surface area contributed by atoms with Crippen molar-refractivity contribution in [1.82, 2.24) is 0 Å². The molecular formula is C15H12O2S. The lowest BCUT2D eigenvalue weighted by molar-refractivity contribution is 0.0999. The first-order chi connectivity index (χ1) is 8.77. The minimum absolute atomic E-state index is 0.00721. The zero-order chi connectivity index (χ0) is 12.5. The van der Waals surface area contributed by atoms with Gasteiger partial charge in [-0.2, -0.15) is 0 Å². The Morgan fingerprint density at radius 1 is 0.944 bits per heavy atom. The number of fused-ring (bicyclic) bond motifs is 1. The number of Topliss-reactive ketones (excluding diaryl/α,β-unsaturated/α-hetero) is 1. The average Bonchev–Trinajstić information content (AvgIpc) is 2.77. The van der Waals surface area contributed by atoms with Crippen molar-refractivity contribution in [2.75, 3.05) is 0 Å². The topological polar surface area (TPSA) is 34.1 Å². The summed E-state index contributed by atoms with van der Waals surface area (Å²) < 4.78 is 12.4. The van der Waals surface area contributed by atoms with E-state index in [9.17, 15) is 9.00 Å². The van der Waals surface area contributed by atoms with Crippen LogP contribution in [0.1, 0.15) is 15.9 Å². The van der Waals surface area contributed by atoms with Crippen molar-refractivity contribution in [2.24, 2.45) is 0 Å². The summed E-state index contributed by atoms with van der Waals surface area (Å²) in [6, 6.07) is 16.7. The predicted octanol–water partition coefficient (Wildman–Crippen LogP) is 2.60. The standard InChI is InChI=1S/C15H12O2S/c16-15-13-9-5-4-6-11(13)10-14(15)18(17)12-7-2-1-3-8-12/h1-9,14H,10H2. The Kier molecular flexibility index (Phi) is 2.84. The molecular weight excluding hydrogens is 244 g/mol. The molecule has 18 heavy (non-hydrogen) atoms. The van der Waals surface area contributed by atoms with Crippen LogP contribution in [-0.4, -0.2) is 15.2 Å². The number of ketones is 1. The summed E-state index contributed by atoms with van der Waals surface area (Å²) in [6.07, 6.45) is 0.580. The Morgan fingerprint density at radius 3 is 2.33 bits per heavy atom. The van der Waals surface area contributed by atoms with E-state index in [1.165, 1.54) is 0 Å². The van der Waals surface area contributed by atoms with E-state index in [1.54, 1.807) is 0 Å². The van der Waals surface area contributed by atoms with E-state index >= 15 is 0 Å². The van der Waals surface area contributed by atoms with Crippen molar-refractivity contribution in [3.8, 4) is 0 Å². The number of hydrogen-bond acceptors (Lipinski definition) is 2. The molecule has 3 heteroatoms. The fourth-order valence-corrected chi connectivity index (χ4v) is 3.70. The van der Waals surface area contributed by atoms with Crippen LogP contribution in [0.25, 0.3) is 0 Å². The van der Waals surface area contributed by atoms with Crippen molar-refractivity contribution < 1.29 is 9.00 Å². The van der Waals surface area contributed by atoms with Gasteiger partial charge in [-0.1, -0.05) is 42.5 Å². The monoisotopic (exact) mass is 256 g/mol. The molecule has 2 aromatic carbocycles. The molecule has 0 aromatic heterocycles. The second kappa shape index (κ2) is 4.50. The normalized spacial score (nSPS) is 19.6. The molecule has 2 nitrogen and oxygen atoms in total. The van der Waals surface area contributed by atoms with Crippen molar-refractivity contribution in [1.29, 1.82) is 0 Å². The zero-order valence-electron chi connectivity index (χ0n) is 9.71. The Balaban J connectivity index is 1.94. The molecule has 1 aliphatic rings. The third-order valence-electron chi connectivity index (χ3n) is 3.21. The maximum absolute atomic E-state index is 12.4. The van der Waals surface area contributed by atoms with Crippen LogP contribution in [0, 0.1) is 0 Å². The van der Waals surface area contributed by atoms with Crippen LogP contribution in [0.5, 0.6) is 0 Å². The highest BCUT2D eigenvalue weighted by molar-refractivity contribution is 7.86. The van der Waals surface area contributed by atoms with Gasteiger partial charge in [-0.15, -0.1) is 0 Å². The number of carbonyl (C=O) groups excluding carboxylic acids is 1. The van der Waals surface area contributed by atoms with Crippen LogP contribution in [0.3, 0.4) is 0 Å². The van der Waals surface area contributed by atoms with Crippen molar-refractivity contribution in [3.05, 3.63) is 65.7 Å². The summed E-state index contributed by atoms with van der Waals surface area (Å²) in [4.78, 5) is 12.9. The van der Waals surface area contributed by atoms with Gasteiger partial charge in [0.25, 0.3) is 0 Å². The molecule has 0 saturated carbocycles. The van der Waals surface area contributed by atoms with Gasteiger partial charge in [0, 0.05) is 10.5 Å². The van der Waals surface area contributed by atoms with Gasteiger partial charge in [-0.05, 0) is 24.1 Å². The van der Waals surface area contributed by atoms with E-state index in [1.807, 2.05) is 54.6 Å². The van der Waals surface area contributed by atoms with E-state index < -0.39 is 16.0 Å². The number of benzene rings is 2. The van der Waals surface area contributed by atoms with Gasteiger partial charge in [0.2, 0.25) is 0 Å². The van der Waals surface area contributed by atoms with Crippen molar-refractivity contribution in [3.63, 3.8) is 0 Å². The molecule has 0 amide bonds. The first kappa shape index (κ1) is 11.4. The van der Waals surface area contributed by atoms with Crippen LogP contribution in [0.4, 0.5) is 0 Å². The zero-order valence-corrected chi connectivity index (χ0v) is 10.5. The fourth-order valence-electron chi connectivity index (χ4n) is 2.30. The van der Waals surface area contributed by atoms with Crippen LogP contribution < -0.4 is 0 Å². The maximum atomic E-state index is 12.4. The molecule has 0 saturated heterocycles. The van der Waals surface area contributed by atoms with Gasteiger partial charge in [-0.25, -0.2) is 0 Å². The van der Waals surface area contributed by atoms with Gasteiger partial charge in [0.05, 0.1) is 10.8 Å². The predicted molar refractivity (Wildman–Crippen MR) is 71.1 cm³/mol. The largest absolute Gasteiger partial charge is 0.293 e. The Labute approximate surface area is 108 Å². The highest BCUT2D eigenvalue weighted by atomic mass is 32.2. The molecule has 0 N–H and O–H groups in total. The summed E-state index contributed by atoms with van der Waals surface area (Å²) in [6.45, 7) is 0. The quantitative estimate of drug-likeness (QED) is 0.827. The maximum Gasteiger partial charge on any atom is 0.179 e. The smallest absolute Gasteiger partial charge is 0.179 e. The molecule has 0 bridgehead atoms. The van der Waals surface area contributed by atoms with Gasteiger partial charge in [0.1, 0.15) is 5.25 Å². The summed E-state index contributed by atoms with van der Waals surface area (Å²) in [5, 5.41) is -0.426. The van der Waals surface area contributed by atoms with E-state index in [0.29, 0.717) is 6.42 Å². The van der Waals surface area contributed by atoms with E-state index in [4.69, 9.17) is 0 Å². The first-order valence-corrected chi connectivity index (χ1v) is 7.06. The van der Waals surface area contributed by atoms with Crippen LogP contribution in [0.15, 0.2) is 59.5 Å². The van der Waals surface area contributed by atoms with E-state index in [0.717, 1.165) is 16.0 Å². The van der Waals surface area contributed by atoms with Crippen molar-refractivity contribution in [2.45, 2.75) is 16.6 Å². The molecule has 0 radical (unpaired) electrons. The Morgan fingerprint density at radius 2 is 1.61 bits per heavy atom. The van der Waals surface area contributed by atoms with Crippen LogP contribution >= 0.6 is 0 Å². The van der Waals surface area contributed by atoms with E-state index in [2.05, 4.69) is 0 Å². The van der Waals surface area contributed by atoms with Crippen LogP contribution in [0.2, 0.25) is 0 Å². The Hall–Kier alpha value is -1.74. The third kappa shape index (κ3) is 1.81. The minimum atomic E-state index is -1.26. The summed E-state index contributed by atoms with van der Waals surface area (Å²) in [7, 11) is -1.26. The van der Waals surface area contributed by atoms with Crippen molar-refractivity contribution >= 4 is 16.6 Å². The molecule has 3 rings (SSSR count). The molecule has 1 aliphatic carbocycles. The molecule has 0 spiro atoms. The molecule has 2 atom stereocenters. The third-order valence-corrected chi connectivity index (χ3v) is 4.85. The average molecular weight is 256 g/mol. The number of rotatable bonds is 2. The lowest BCUT2D eigenvalue weighted by Crippen LogP contribution is -2.22. The SMILES string of the molecule is O=C1c2ccccc2CC1S(=O)c1ccccc1. The first-order valence-electron chi connectivity index (χ1n) is 5.85. The van der Waals surface area contributed by atoms with Gasteiger partial charge in [-0.3, -0.25) is 9.00 Å². The van der Waals surface area contributed by atoms with E-state index in [-0.39, 0.29) is 5.78 Å². The fraction of sp³-hybridized carbons (Fsp3) is 0.133. The van der Waals surface area contributed by atoms with Crippen LogP contribution in [-0.2, 0) is 17.2 Å². The molecule has 2 unspecified atom stereocenters. The molecule has 0 aliphatic heterocycles. The summed E-state index contributed by atoms with van der Waals surface area (Å²) >= 11 is 0. The lowest BCUT2D eigenvalue weighted by atomic mass is 10.1. The number of carbonyl (C=O) groups is 1. The highest BCUT2D eigenvalue weighted by Crippen LogP contribution is 2.27. The summed E-state index contributed by atoms with van der Waals surface area (Å²) in [5.74, 6) is 0.00721. The minimum Gasteiger partial charge on any atom is -0.293 e. The number of hydrogen-bond donors (Lipinski definition) is 0. The molecule has 0 fully saturated rings. The summed E-state index contributed by atoms with van der Waals surface area (Å²) in [5.41, 5.74) is 1.74. The van der Waals surface area contributed by atoms with Gasteiger partial charge in [0.15, 0.2) is 5.78 Å². The highest BCUT2D eigenvalue weighted by Gasteiger charge is 2.34. The second-order valence-electron chi connectivity index (χ2n) is 4.32. The lowest BCUT2D eigenvalue weighted by Gasteiger charge is -2.07. The van der Waals surface area contributed by atoms with Gasteiger partial charge >= 0.3 is 0 Å². The second-order valence-corrected chi connectivity index (χ2v) is 5.96. The molecule has 0 heterocycles. The Bertz CT molecular complexity index is 619. The molecule has 2 aromatic rings. The van der Waals surface area contributed by atoms with Gasteiger partial charge < -0.3 is 0 Å².